The Bertz CT molecular complexity index is 782. The molecule has 0 radical (unpaired) electrons. The first-order valence-corrected chi connectivity index (χ1v) is 10.3. The Kier molecular flexibility index (Phi) is 10.1. The van der Waals surface area contributed by atoms with E-state index in [0.29, 0.717) is 13.1 Å². The second kappa shape index (κ2) is 12.3. The van der Waals surface area contributed by atoms with E-state index in [1.54, 1.807) is 0 Å². The van der Waals surface area contributed by atoms with Gasteiger partial charge in [-0.1, -0.05) is 54.6 Å². The van der Waals surface area contributed by atoms with Gasteiger partial charge in [-0.05, 0) is 29.7 Å². The maximum atomic E-state index is 12.4. The van der Waals surface area contributed by atoms with Gasteiger partial charge >= 0.3 is 0 Å². The topological polar surface area (TPSA) is 47.6 Å². The van der Waals surface area contributed by atoms with Crippen molar-refractivity contribution in [1.29, 1.82) is 0 Å². The molecule has 0 aromatic heterocycles. The Labute approximate surface area is 192 Å². The zero-order valence-electron chi connectivity index (χ0n) is 17.3. The minimum Gasteiger partial charge on any atom is -0.353 e. The lowest BCUT2D eigenvalue weighted by atomic mass is 9.94. The summed E-state index contributed by atoms with van der Waals surface area (Å²) >= 11 is 0. The molecule has 4 rings (SSSR count). The molecular formula is C23H32Cl2N4O. The van der Waals surface area contributed by atoms with Crippen LogP contribution >= 0.6 is 24.8 Å². The van der Waals surface area contributed by atoms with Gasteiger partial charge in [-0.3, -0.25) is 14.6 Å². The van der Waals surface area contributed by atoms with Gasteiger partial charge in [0, 0.05) is 45.3 Å². The van der Waals surface area contributed by atoms with Gasteiger partial charge in [-0.25, -0.2) is 0 Å². The molecular weight excluding hydrogens is 419 g/mol. The second-order valence-electron chi connectivity index (χ2n) is 7.80. The fourth-order valence-corrected chi connectivity index (χ4v) is 4.20. The van der Waals surface area contributed by atoms with E-state index in [1.807, 2.05) is 0 Å². The average Bonchev–Trinajstić information content (AvgIpc) is 2.74. The first kappa shape index (κ1) is 24.6. The van der Waals surface area contributed by atoms with Crippen molar-refractivity contribution in [1.82, 2.24) is 20.4 Å². The molecule has 0 saturated carbocycles. The van der Waals surface area contributed by atoms with Crippen LogP contribution in [0, 0.1) is 0 Å². The molecule has 1 saturated heterocycles. The Morgan fingerprint density at radius 2 is 1.60 bits per heavy atom. The molecule has 0 spiro atoms. The van der Waals surface area contributed by atoms with Crippen LogP contribution in [0.4, 0.5) is 0 Å². The molecule has 2 aromatic carbocycles. The van der Waals surface area contributed by atoms with E-state index in [9.17, 15) is 4.79 Å². The lowest BCUT2D eigenvalue weighted by Gasteiger charge is -2.34. The van der Waals surface area contributed by atoms with Gasteiger partial charge in [-0.2, -0.15) is 0 Å². The third kappa shape index (κ3) is 6.69. The third-order valence-electron chi connectivity index (χ3n) is 5.80. The Morgan fingerprint density at radius 1 is 0.933 bits per heavy atom. The predicted octanol–water partition coefficient (Wildman–Crippen LogP) is 2.65. The molecule has 5 nitrogen and oxygen atoms in total. The summed E-state index contributed by atoms with van der Waals surface area (Å²) in [6, 6.07) is 19.4. The summed E-state index contributed by atoms with van der Waals surface area (Å²) in [6.07, 6.45) is 1.06. The molecule has 2 aromatic rings. The summed E-state index contributed by atoms with van der Waals surface area (Å²) in [6.45, 7) is 7.04. The molecule has 0 bridgehead atoms. The molecule has 1 atom stereocenters. The fourth-order valence-electron chi connectivity index (χ4n) is 4.20. The van der Waals surface area contributed by atoms with E-state index in [0.717, 1.165) is 45.7 Å². The van der Waals surface area contributed by atoms with E-state index in [4.69, 9.17) is 0 Å². The molecule has 1 fully saturated rings. The van der Waals surface area contributed by atoms with Crippen LogP contribution in [0.2, 0.25) is 0 Å². The van der Waals surface area contributed by atoms with Gasteiger partial charge in [0.2, 0.25) is 5.91 Å². The van der Waals surface area contributed by atoms with E-state index in [-0.39, 0.29) is 36.8 Å². The van der Waals surface area contributed by atoms with Crippen LogP contribution in [-0.2, 0) is 17.8 Å². The standard InChI is InChI=1S/C23H30N4O.2ClH/c28-23(25-16-22-21-9-5-4-8-20(21)10-11-24-22)18-27-14-12-26(13-15-27)17-19-6-2-1-3-7-19;;/h1-9,22,24H,10-18H2,(H,25,28);2*1H. The van der Waals surface area contributed by atoms with Crippen LogP contribution in [0.5, 0.6) is 0 Å². The van der Waals surface area contributed by atoms with Crippen LogP contribution in [0.1, 0.15) is 22.7 Å². The number of nitrogens with one attached hydrogen (secondary N) is 2. The molecule has 1 unspecified atom stereocenters. The monoisotopic (exact) mass is 450 g/mol. The van der Waals surface area contributed by atoms with Crippen molar-refractivity contribution in [2.45, 2.75) is 19.0 Å². The molecule has 2 N–H and O–H groups in total. The highest BCUT2D eigenvalue weighted by Crippen LogP contribution is 2.21. The summed E-state index contributed by atoms with van der Waals surface area (Å²) in [4.78, 5) is 17.2. The Morgan fingerprint density at radius 3 is 2.37 bits per heavy atom. The number of carbonyl (C=O) groups excluding carboxylic acids is 1. The Hall–Kier alpha value is -1.63. The zero-order chi connectivity index (χ0) is 19.2. The highest BCUT2D eigenvalue weighted by molar-refractivity contribution is 5.85. The summed E-state index contributed by atoms with van der Waals surface area (Å²) in [5, 5.41) is 6.66. The number of hydrogen-bond acceptors (Lipinski definition) is 4. The quantitative estimate of drug-likeness (QED) is 0.709. The number of nitrogens with zero attached hydrogens (tertiary/aromatic N) is 2. The maximum absolute atomic E-state index is 12.4. The number of halogens is 2. The largest absolute Gasteiger partial charge is 0.353 e. The lowest BCUT2D eigenvalue weighted by Crippen LogP contribution is -2.49. The van der Waals surface area contributed by atoms with Crippen molar-refractivity contribution in [2.75, 3.05) is 45.8 Å². The molecule has 0 aliphatic carbocycles. The fraction of sp³-hybridized carbons (Fsp3) is 0.435. The maximum Gasteiger partial charge on any atom is 0.234 e. The lowest BCUT2D eigenvalue weighted by molar-refractivity contribution is -0.122. The van der Waals surface area contributed by atoms with Gasteiger partial charge in [0.15, 0.2) is 0 Å². The molecule has 2 aliphatic rings. The average molecular weight is 451 g/mol. The molecule has 7 heteroatoms. The third-order valence-corrected chi connectivity index (χ3v) is 5.80. The number of hydrogen-bond donors (Lipinski definition) is 2. The normalized spacial score (nSPS) is 19.1. The smallest absolute Gasteiger partial charge is 0.234 e. The van der Waals surface area contributed by atoms with Gasteiger partial charge in [0.25, 0.3) is 0 Å². The van der Waals surface area contributed by atoms with E-state index < -0.39 is 0 Å². The number of fused-ring (bicyclic) bond motifs is 1. The van der Waals surface area contributed by atoms with Gasteiger partial charge < -0.3 is 10.6 Å². The zero-order valence-corrected chi connectivity index (χ0v) is 18.9. The van der Waals surface area contributed by atoms with Gasteiger partial charge in [-0.15, -0.1) is 24.8 Å². The number of rotatable bonds is 6. The Balaban J connectivity index is 0.00000160. The molecule has 164 valence electrons. The van der Waals surface area contributed by atoms with Gasteiger partial charge in [0.1, 0.15) is 0 Å². The van der Waals surface area contributed by atoms with Crippen LogP contribution in [0.15, 0.2) is 54.6 Å². The molecule has 2 aliphatic heterocycles. The highest BCUT2D eigenvalue weighted by atomic mass is 35.5. The SMILES string of the molecule is Cl.Cl.O=C(CN1CCN(Cc2ccccc2)CC1)NCC1NCCc2ccccc21. The molecule has 30 heavy (non-hydrogen) atoms. The number of piperazine rings is 1. The van der Waals surface area contributed by atoms with Crippen molar-refractivity contribution < 1.29 is 4.79 Å². The van der Waals surface area contributed by atoms with Crippen molar-refractivity contribution in [3.05, 3.63) is 71.3 Å². The predicted molar refractivity (Wildman–Crippen MR) is 127 cm³/mol. The number of amides is 1. The minimum absolute atomic E-state index is 0. The molecule has 2 heterocycles. The first-order chi connectivity index (χ1) is 13.8. The van der Waals surface area contributed by atoms with Crippen LogP contribution < -0.4 is 10.6 Å². The van der Waals surface area contributed by atoms with Gasteiger partial charge in [0.05, 0.1) is 6.54 Å². The van der Waals surface area contributed by atoms with E-state index in [1.165, 1.54) is 16.7 Å². The summed E-state index contributed by atoms with van der Waals surface area (Å²) in [7, 11) is 0. The van der Waals surface area contributed by atoms with Crippen molar-refractivity contribution in [3.8, 4) is 0 Å². The number of carbonyl (C=O) groups is 1. The van der Waals surface area contributed by atoms with Crippen molar-refractivity contribution in [2.24, 2.45) is 0 Å². The van der Waals surface area contributed by atoms with Crippen LogP contribution in [0.3, 0.4) is 0 Å². The summed E-state index contributed by atoms with van der Waals surface area (Å²) < 4.78 is 0. The highest BCUT2D eigenvalue weighted by Gasteiger charge is 2.22. The second-order valence-corrected chi connectivity index (χ2v) is 7.80. The summed E-state index contributed by atoms with van der Waals surface area (Å²) in [5.74, 6) is 0.126. The number of benzene rings is 2. The van der Waals surface area contributed by atoms with Crippen LogP contribution in [0.25, 0.3) is 0 Å². The van der Waals surface area contributed by atoms with Crippen molar-refractivity contribution in [3.63, 3.8) is 0 Å². The molecule has 1 amide bonds. The first-order valence-electron chi connectivity index (χ1n) is 10.3. The van der Waals surface area contributed by atoms with E-state index in [2.05, 4.69) is 75.0 Å². The van der Waals surface area contributed by atoms with Crippen molar-refractivity contribution >= 4 is 30.7 Å². The van der Waals surface area contributed by atoms with Crippen LogP contribution in [-0.4, -0.2) is 61.5 Å². The minimum atomic E-state index is 0. The summed E-state index contributed by atoms with van der Waals surface area (Å²) in [5.41, 5.74) is 4.08. The van der Waals surface area contributed by atoms with E-state index >= 15 is 0 Å².